The van der Waals surface area contributed by atoms with Gasteiger partial charge in [0.2, 0.25) is 5.91 Å². The van der Waals surface area contributed by atoms with E-state index in [2.05, 4.69) is 24.1 Å². The van der Waals surface area contributed by atoms with E-state index in [1.807, 2.05) is 36.2 Å². The summed E-state index contributed by atoms with van der Waals surface area (Å²) in [5.74, 6) is -0.322. The molecule has 2 aromatic carbocycles. The van der Waals surface area contributed by atoms with Crippen LogP contribution in [-0.2, 0) is 11.3 Å². The van der Waals surface area contributed by atoms with Gasteiger partial charge in [0.15, 0.2) is 0 Å². The van der Waals surface area contributed by atoms with E-state index in [0.29, 0.717) is 6.54 Å². The van der Waals surface area contributed by atoms with Crippen molar-refractivity contribution in [1.82, 2.24) is 4.90 Å². The molecule has 0 saturated heterocycles. The Labute approximate surface area is 149 Å². The van der Waals surface area contributed by atoms with Gasteiger partial charge in [-0.05, 0) is 62.9 Å². The first-order valence-corrected chi connectivity index (χ1v) is 8.59. The van der Waals surface area contributed by atoms with Crippen molar-refractivity contribution in [3.05, 3.63) is 59.9 Å². The maximum Gasteiger partial charge on any atom is 0.238 e. The minimum Gasteiger partial charge on any atom is -0.372 e. The topological polar surface area (TPSA) is 35.6 Å². The summed E-state index contributed by atoms with van der Waals surface area (Å²) in [6.45, 7) is 7.02. The van der Waals surface area contributed by atoms with E-state index in [4.69, 9.17) is 0 Å². The third kappa shape index (κ3) is 5.87. The van der Waals surface area contributed by atoms with E-state index < -0.39 is 0 Å². The summed E-state index contributed by atoms with van der Waals surface area (Å²) in [4.78, 5) is 16.3. The predicted molar refractivity (Wildman–Crippen MR) is 101 cm³/mol. The molecule has 25 heavy (non-hydrogen) atoms. The maximum absolute atomic E-state index is 12.9. The Kier molecular flexibility index (Phi) is 6.95. The van der Waals surface area contributed by atoms with Gasteiger partial charge in [0.1, 0.15) is 5.82 Å². The molecule has 0 spiro atoms. The summed E-state index contributed by atoms with van der Waals surface area (Å²) >= 11 is 0. The number of rotatable bonds is 8. The van der Waals surface area contributed by atoms with Crippen LogP contribution in [0.2, 0.25) is 0 Å². The van der Waals surface area contributed by atoms with Crippen molar-refractivity contribution in [2.75, 3.05) is 36.9 Å². The monoisotopic (exact) mass is 343 g/mol. The molecular formula is C20H26FN3O. The van der Waals surface area contributed by atoms with Crippen LogP contribution in [0.5, 0.6) is 0 Å². The largest absolute Gasteiger partial charge is 0.372 e. The van der Waals surface area contributed by atoms with Crippen molar-refractivity contribution in [3.8, 4) is 0 Å². The van der Waals surface area contributed by atoms with Gasteiger partial charge in [0.05, 0.1) is 6.54 Å². The Hall–Kier alpha value is -2.40. The van der Waals surface area contributed by atoms with Gasteiger partial charge >= 0.3 is 0 Å². The molecule has 0 unspecified atom stereocenters. The number of likely N-dealkylation sites (N-methyl/N-ethyl adjacent to an activating group) is 1. The second kappa shape index (κ2) is 9.18. The summed E-state index contributed by atoms with van der Waals surface area (Å²) in [5.41, 5.74) is 2.91. The molecule has 2 rings (SSSR count). The van der Waals surface area contributed by atoms with Gasteiger partial charge in [-0.25, -0.2) is 4.39 Å². The number of carbonyl (C=O) groups is 1. The summed E-state index contributed by atoms with van der Waals surface area (Å²) in [6, 6.07) is 14.2. The Balaban J connectivity index is 1.85. The van der Waals surface area contributed by atoms with E-state index in [0.717, 1.165) is 30.0 Å². The zero-order valence-electron chi connectivity index (χ0n) is 15.1. The van der Waals surface area contributed by atoms with Crippen molar-refractivity contribution < 1.29 is 9.18 Å². The van der Waals surface area contributed by atoms with Crippen molar-refractivity contribution >= 4 is 17.3 Å². The molecule has 1 N–H and O–H groups in total. The normalized spacial score (nSPS) is 10.8. The lowest BCUT2D eigenvalue weighted by Gasteiger charge is -2.21. The molecule has 4 nitrogen and oxygen atoms in total. The van der Waals surface area contributed by atoms with E-state index in [1.54, 1.807) is 12.1 Å². The molecule has 0 bridgehead atoms. The Morgan fingerprint density at radius 3 is 2.16 bits per heavy atom. The van der Waals surface area contributed by atoms with Crippen molar-refractivity contribution in [3.63, 3.8) is 0 Å². The molecule has 0 aromatic heterocycles. The summed E-state index contributed by atoms with van der Waals surface area (Å²) in [5, 5.41) is 2.91. The van der Waals surface area contributed by atoms with E-state index in [9.17, 15) is 9.18 Å². The number of nitrogens with zero attached hydrogens (tertiary/aromatic N) is 2. The smallest absolute Gasteiger partial charge is 0.238 e. The zero-order chi connectivity index (χ0) is 18.2. The highest BCUT2D eigenvalue weighted by Crippen LogP contribution is 2.17. The van der Waals surface area contributed by atoms with Crippen LogP contribution in [-0.4, -0.2) is 37.5 Å². The average molecular weight is 343 g/mol. The first kappa shape index (κ1) is 18.9. The molecule has 0 aliphatic heterocycles. The van der Waals surface area contributed by atoms with Gasteiger partial charge in [-0.2, -0.15) is 0 Å². The number of hydrogen-bond donors (Lipinski definition) is 1. The SMILES string of the molecule is CCN(CC)c1ccc(NC(=O)CN(C)Cc2ccc(F)cc2)cc1. The summed E-state index contributed by atoms with van der Waals surface area (Å²) < 4.78 is 12.9. The van der Waals surface area contributed by atoms with Crippen molar-refractivity contribution in [2.45, 2.75) is 20.4 Å². The van der Waals surface area contributed by atoms with Crippen molar-refractivity contribution in [2.24, 2.45) is 0 Å². The fourth-order valence-corrected chi connectivity index (χ4v) is 2.75. The number of amides is 1. The molecule has 0 fully saturated rings. The highest BCUT2D eigenvalue weighted by atomic mass is 19.1. The molecular weight excluding hydrogens is 317 g/mol. The number of nitrogens with one attached hydrogen (secondary N) is 1. The fourth-order valence-electron chi connectivity index (χ4n) is 2.75. The number of hydrogen-bond acceptors (Lipinski definition) is 3. The molecule has 0 heterocycles. The molecule has 0 atom stereocenters. The molecule has 0 aliphatic rings. The summed E-state index contributed by atoms with van der Waals surface area (Å²) in [6.07, 6.45) is 0. The molecule has 0 aliphatic carbocycles. The van der Waals surface area contributed by atoms with E-state index >= 15 is 0 Å². The Morgan fingerprint density at radius 1 is 1.00 bits per heavy atom. The van der Waals surface area contributed by atoms with Crippen LogP contribution in [0.4, 0.5) is 15.8 Å². The quantitative estimate of drug-likeness (QED) is 0.793. The molecule has 0 saturated carbocycles. The lowest BCUT2D eigenvalue weighted by atomic mass is 10.2. The second-order valence-corrected chi connectivity index (χ2v) is 6.07. The average Bonchev–Trinajstić information content (AvgIpc) is 2.59. The number of carbonyl (C=O) groups excluding carboxylic acids is 1. The Morgan fingerprint density at radius 2 is 1.60 bits per heavy atom. The summed E-state index contributed by atoms with van der Waals surface area (Å²) in [7, 11) is 1.87. The Bertz CT molecular complexity index is 666. The highest BCUT2D eigenvalue weighted by molar-refractivity contribution is 5.92. The minimum atomic E-state index is -0.252. The number of benzene rings is 2. The van der Waals surface area contributed by atoms with Gasteiger partial charge in [0, 0.05) is 31.0 Å². The van der Waals surface area contributed by atoms with Crippen LogP contribution in [0.3, 0.4) is 0 Å². The molecule has 2 aromatic rings. The highest BCUT2D eigenvalue weighted by Gasteiger charge is 2.08. The molecule has 1 amide bonds. The lowest BCUT2D eigenvalue weighted by molar-refractivity contribution is -0.117. The lowest BCUT2D eigenvalue weighted by Crippen LogP contribution is -2.29. The van der Waals surface area contributed by atoms with Crippen LogP contribution in [0.1, 0.15) is 19.4 Å². The van der Waals surface area contributed by atoms with Gasteiger partial charge in [-0.1, -0.05) is 12.1 Å². The molecule has 0 radical (unpaired) electrons. The second-order valence-electron chi connectivity index (χ2n) is 6.07. The van der Waals surface area contributed by atoms with Crippen LogP contribution >= 0.6 is 0 Å². The fraction of sp³-hybridized carbons (Fsp3) is 0.350. The van der Waals surface area contributed by atoms with E-state index in [-0.39, 0.29) is 18.3 Å². The van der Waals surface area contributed by atoms with Crippen LogP contribution < -0.4 is 10.2 Å². The van der Waals surface area contributed by atoms with E-state index in [1.165, 1.54) is 12.1 Å². The van der Waals surface area contributed by atoms with Gasteiger partial charge < -0.3 is 10.2 Å². The predicted octanol–water partition coefficient (Wildman–Crippen LogP) is 3.74. The van der Waals surface area contributed by atoms with Gasteiger partial charge in [0.25, 0.3) is 0 Å². The zero-order valence-corrected chi connectivity index (χ0v) is 15.1. The van der Waals surface area contributed by atoms with Crippen LogP contribution in [0.15, 0.2) is 48.5 Å². The molecule has 134 valence electrons. The number of anilines is 2. The first-order valence-electron chi connectivity index (χ1n) is 8.59. The third-order valence-corrected chi connectivity index (χ3v) is 4.06. The maximum atomic E-state index is 12.9. The third-order valence-electron chi connectivity index (χ3n) is 4.06. The standard InChI is InChI=1S/C20H26FN3O/c1-4-24(5-2)19-12-10-18(11-13-19)22-20(25)15-23(3)14-16-6-8-17(21)9-7-16/h6-13H,4-5,14-15H2,1-3H3,(H,22,25). The first-order chi connectivity index (χ1) is 12.0. The van der Waals surface area contributed by atoms with Gasteiger partial charge in [-0.3, -0.25) is 9.69 Å². The van der Waals surface area contributed by atoms with Crippen LogP contribution in [0, 0.1) is 5.82 Å². The molecule has 5 heteroatoms. The van der Waals surface area contributed by atoms with Crippen LogP contribution in [0.25, 0.3) is 0 Å². The van der Waals surface area contributed by atoms with Gasteiger partial charge in [-0.15, -0.1) is 0 Å². The van der Waals surface area contributed by atoms with Crippen molar-refractivity contribution in [1.29, 1.82) is 0 Å². The number of halogens is 1. The minimum absolute atomic E-state index is 0.0693.